The van der Waals surface area contributed by atoms with Crippen LogP contribution in [0.25, 0.3) is 0 Å². The molecule has 5 rings (SSSR count). The average Bonchev–Trinajstić information content (AvgIpc) is 3.33. The zero-order valence-electron chi connectivity index (χ0n) is 46.5. The number of aliphatic hydroxyl groups is 1. The van der Waals surface area contributed by atoms with E-state index in [9.17, 15) is 5.11 Å². The third kappa shape index (κ3) is 15.5. The summed E-state index contributed by atoms with van der Waals surface area (Å²) in [6, 6.07) is 22.3. The molecular weight excluding hydrogens is 985 g/mol. The number of thioether (sulfide) groups is 2. The fourth-order valence-electron chi connectivity index (χ4n) is 10.7. The van der Waals surface area contributed by atoms with Gasteiger partial charge in [-0.25, -0.2) is 4.79 Å². The molecule has 12 nitrogen and oxygen atoms in total. The lowest BCUT2D eigenvalue weighted by molar-refractivity contribution is -0.321. The zero-order chi connectivity index (χ0) is 53.0. The van der Waals surface area contributed by atoms with Gasteiger partial charge in [0.2, 0.25) is 0 Å². The van der Waals surface area contributed by atoms with Crippen LogP contribution in [0.5, 0.6) is 0 Å². The van der Waals surface area contributed by atoms with Crippen LogP contribution in [0.4, 0.5) is 0 Å². The highest BCUT2D eigenvalue weighted by molar-refractivity contribution is 8.19. The number of hydrogen-bond acceptors (Lipinski definition) is 14. The van der Waals surface area contributed by atoms with Crippen LogP contribution in [-0.4, -0.2) is 146 Å². The predicted molar refractivity (Wildman–Crippen MR) is 298 cm³/mol. The van der Waals surface area contributed by atoms with Crippen molar-refractivity contribution in [3.8, 4) is 0 Å². The van der Waals surface area contributed by atoms with Gasteiger partial charge in [0, 0.05) is 73.7 Å². The first-order chi connectivity index (χ1) is 34.0. The van der Waals surface area contributed by atoms with Crippen molar-refractivity contribution in [2.45, 2.75) is 190 Å². The number of cyclic esters (lactones) is 1. The van der Waals surface area contributed by atoms with E-state index in [2.05, 4.69) is 128 Å². The normalized spacial score (nSPS) is 28.3. The van der Waals surface area contributed by atoms with Gasteiger partial charge in [-0.1, -0.05) is 128 Å². The lowest BCUT2D eigenvalue weighted by Crippen LogP contribution is -2.66. The fraction of sp³-hybridized carbons (Fsp3) is 0.732. The van der Waals surface area contributed by atoms with E-state index in [-0.39, 0.29) is 24.5 Å². The first-order valence-corrected chi connectivity index (χ1v) is 33.9. The van der Waals surface area contributed by atoms with E-state index in [4.69, 9.17) is 47.1 Å². The summed E-state index contributed by atoms with van der Waals surface area (Å²) >= 11 is 3.56. The van der Waals surface area contributed by atoms with E-state index in [1.807, 2.05) is 20.8 Å². The SMILES string of the molecule is CC[C@H](/C=C(/C)[C@@H]1C[C@@H](OC)C[C@H](OCOC)C(C)(C)C2(SCCCS2)[C@H](O)[C@H](OC)C[C@H]2C[C@@H](OC(C)(C)O2)[C@@H](OCOCC[Si](C)(C)C)C(=O)O1)CO[Si](c1ccccc1)(c1ccccc1)C(C)(C)C. The molecule has 0 amide bonds. The lowest BCUT2D eigenvalue weighted by atomic mass is 9.75. The van der Waals surface area contributed by atoms with Crippen molar-refractivity contribution in [3.63, 3.8) is 0 Å². The largest absolute Gasteiger partial charge is 0.456 e. The molecule has 3 aliphatic heterocycles. The maximum atomic E-state index is 15.2. The van der Waals surface area contributed by atoms with Crippen LogP contribution >= 0.6 is 23.5 Å². The van der Waals surface area contributed by atoms with Gasteiger partial charge in [-0.15, -0.1) is 23.5 Å². The number of esters is 1. The van der Waals surface area contributed by atoms with Crippen LogP contribution in [0.15, 0.2) is 72.3 Å². The minimum absolute atomic E-state index is 0.0222. The minimum atomic E-state index is -2.86. The fourth-order valence-corrected chi connectivity index (χ4v) is 19.9. The summed E-state index contributed by atoms with van der Waals surface area (Å²) in [4.78, 5) is 15.2. The molecule has 2 bridgehead atoms. The van der Waals surface area contributed by atoms with E-state index in [0.29, 0.717) is 38.9 Å². The monoisotopic (exact) mass is 1080 g/mol. The Hall–Kier alpha value is -1.62. The second-order valence-corrected chi connectivity index (χ2v) is 36.1. The summed E-state index contributed by atoms with van der Waals surface area (Å²) in [6.45, 7) is 27.0. The topological polar surface area (TPSA) is 130 Å². The number of hydrogen-bond donors (Lipinski definition) is 1. The lowest BCUT2D eigenvalue weighted by Gasteiger charge is -2.55. The molecule has 1 N–H and O–H groups in total. The third-order valence-electron chi connectivity index (χ3n) is 14.8. The number of benzene rings is 2. The molecule has 0 radical (unpaired) electrons. The Morgan fingerprint density at radius 3 is 2.03 bits per heavy atom. The molecule has 3 saturated heterocycles. The summed E-state index contributed by atoms with van der Waals surface area (Å²) in [6.07, 6.45) is -0.188. The summed E-state index contributed by atoms with van der Waals surface area (Å²) < 4.78 is 64.3. The molecule has 0 saturated carbocycles. The van der Waals surface area contributed by atoms with E-state index in [1.54, 1.807) is 44.9 Å². The van der Waals surface area contributed by atoms with Gasteiger partial charge in [-0.2, -0.15) is 0 Å². The smallest absolute Gasteiger partial charge is 0.338 e. The number of carbonyl (C=O) groups excluding carboxylic acids is 1. The van der Waals surface area contributed by atoms with Crippen LogP contribution in [0.3, 0.4) is 0 Å². The molecule has 2 aromatic rings. The number of carbonyl (C=O) groups is 1. The van der Waals surface area contributed by atoms with Crippen molar-refractivity contribution in [2.75, 3.05) is 59.6 Å². The molecule has 2 aromatic carbocycles. The van der Waals surface area contributed by atoms with Crippen molar-refractivity contribution in [1.29, 1.82) is 0 Å². The van der Waals surface area contributed by atoms with Crippen molar-refractivity contribution in [3.05, 3.63) is 72.3 Å². The second-order valence-electron chi connectivity index (χ2n) is 23.2. The molecule has 9 atom stereocenters. The van der Waals surface area contributed by atoms with Crippen LogP contribution in [-0.2, 0) is 51.9 Å². The quantitative estimate of drug-likeness (QED) is 0.0471. The highest BCUT2D eigenvalue weighted by Crippen LogP contribution is 2.59. The molecule has 3 aliphatic rings. The van der Waals surface area contributed by atoms with E-state index < -0.39 is 86.5 Å². The predicted octanol–water partition coefficient (Wildman–Crippen LogP) is 10.2. The van der Waals surface area contributed by atoms with Crippen molar-refractivity contribution >= 4 is 56.3 Å². The van der Waals surface area contributed by atoms with Crippen LogP contribution < -0.4 is 10.4 Å². The second kappa shape index (κ2) is 27.1. The average molecular weight is 1080 g/mol. The van der Waals surface area contributed by atoms with Gasteiger partial charge in [0.15, 0.2) is 11.9 Å². The number of rotatable bonds is 19. The van der Waals surface area contributed by atoms with Gasteiger partial charge < -0.3 is 52.2 Å². The van der Waals surface area contributed by atoms with Gasteiger partial charge in [-0.05, 0) is 78.1 Å². The van der Waals surface area contributed by atoms with Gasteiger partial charge in [0.05, 0.1) is 28.5 Å². The Labute approximate surface area is 444 Å². The molecular formula is C56H92O12S2Si2. The van der Waals surface area contributed by atoms with E-state index in [0.717, 1.165) is 36.0 Å². The summed E-state index contributed by atoms with van der Waals surface area (Å²) in [5, 5.41) is 15.1. The van der Waals surface area contributed by atoms with Gasteiger partial charge in [0.1, 0.15) is 31.9 Å². The van der Waals surface area contributed by atoms with E-state index >= 15 is 4.79 Å². The van der Waals surface area contributed by atoms with Gasteiger partial charge in [0.25, 0.3) is 8.32 Å². The van der Waals surface area contributed by atoms with Crippen LogP contribution in [0, 0.1) is 11.3 Å². The first-order valence-electron chi connectivity index (χ1n) is 26.3. The Morgan fingerprint density at radius 1 is 0.861 bits per heavy atom. The molecule has 0 aliphatic carbocycles. The van der Waals surface area contributed by atoms with Crippen LogP contribution in [0.2, 0.25) is 30.7 Å². The number of aliphatic hydroxyl groups excluding tert-OH is 1. The van der Waals surface area contributed by atoms with E-state index in [1.165, 1.54) is 10.4 Å². The highest BCUT2D eigenvalue weighted by atomic mass is 32.2. The number of ether oxygens (including phenoxy) is 9. The molecule has 3 heterocycles. The zero-order valence-corrected chi connectivity index (χ0v) is 50.1. The summed E-state index contributed by atoms with van der Waals surface area (Å²) in [5.41, 5.74) is 0.211. The highest BCUT2D eigenvalue weighted by Gasteiger charge is 2.59. The Kier molecular flexibility index (Phi) is 23.1. The summed E-state index contributed by atoms with van der Waals surface area (Å²) in [7, 11) is 0.700. The van der Waals surface area contributed by atoms with Gasteiger partial charge in [-0.3, -0.25) is 0 Å². The molecule has 16 heteroatoms. The Balaban J connectivity index is 1.61. The number of methoxy groups -OCH3 is 3. The summed E-state index contributed by atoms with van der Waals surface area (Å²) in [5.74, 6) is 0.0500. The minimum Gasteiger partial charge on any atom is -0.456 e. The molecule has 72 heavy (non-hydrogen) atoms. The Morgan fingerprint density at radius 2 is 1.49 bits per heavy atom. The molecule has 1 spiro atoms. The maximum Gasteiger partial charge on any atom is 0.338 e. The standard InChI is InChI=1S/C56H92O12S2Si2/c1-16-41(37-65-72(53(3,4)5,44-24-19-17-20-25-44)45-26-21-18-22-27-45)32-40(2)46-33-42(60-11)36-49(63-38-59-10)54(6,7)56(69-29-23-30-70-56)51(57)48(61-12)35-43-34-47(68-55(8,9)67-43)50(52(58)66-46)64-39-62-28-31-71(13,14)15/h17-22,24-27,32,41-43,46-51,57H,16,23,28-31,33-39H2,1-15H3/b40-32-/t41-,42-,43-,46+,47-,48-,49+,50-,51-/m1/s1. The molecule has 0 unspecified atom stereocenters. The maximum absolute atomic E-state index is 15.2. The van der Waals surface area contributed by atoms with Crippen molar-refractivity contribution < 1.29 is 57.0 Å². The first kappa shape index (κ1) is 61.2. The van der Waals surface area contributed by atoms with Crippen molar-refractivity contribution in [2.24, 2.45) is 11.3 Å². The van der Waals surface area contributed by atoms with Gasteiger partial charge >= 0.3 is 5.97 Å². The van der Waals surface area contributed by atoms with Crippen LogP contribution in [0.1, 0.15) is 101 Å². The Bertz CT molecular complexity index is 1920. The molecule has 408 valence electrons. The third-order valence-corrected chi connectivity index (χ3v) is 25.6. The van der Waals surface area contributed by atoms with Crippen molar-refractivity contribution in [1.82, 2.24) is 0 Å². The number of fused-ring (bicyclic) bond motifs is 2. The molecule has 3 fully saturated rings. The molecule has 0 aromatic heterocycles.